The normalized spacial score (nSPS) is 22.3. The van der Waals surface area contributed by atoms with Gasteiger partial charge in [-0.25, -0.2) is 0 Å². The largest absolute Gasteiger partial charge is 0.306 e. The van der Waals surface area contributed by atoms with E-state index in [1.165, 1.54) is 38.8 Å². The smallest absolute Gasteiger partial charge is 0 e. The Morgan fingerprint density at radius 1 is 0.889 bits per heavy atom. The molecule has 0 N–H and O–H groups in total. The molecule has 0 atom stereocenters. The molecule has 55 valence electrons. The van der Waals surface area contributed by atoms with Gasteiger partial charge in [-0.05, 0) is 33.0 Å². The maximum atomic E-state index is 2.42. The van der Waals surface area contributed by atoms with Gasteiger partial charge in [0, 0.05) is 20.4 Å². The van der Waals surface area contributed by atoms with Crippen LogP contribution < -0.4 is 0 Å². The fraction of sp³-hybridized carbons (Fsp3) is 1.00. The van der Waals surface area contributed by atoms with Gasteiger partial charge in [0.25, 0.3) is 0 Å². The number of likely N-dealkylation sites (tertiary alicyclic amines) is 1. The second-order valence-electron chi connectivity index (χ2n) is 2.72. The molecule has 0 aromatic carbocycles. The molecule has 2 heteroatoms. The molecule has 0 saturated carbocycles. The molecule has 1 aliphatic rings. The van der Waals surface area contributed by atoms with Crippen molar-refractivity contribution in [1.29, 1.82) is 0 Å². The summed E-state index contributed by atoms with van der Waals surface area (Å²) in [6.45, 7) is 2.64. The Bertz CT molecular complexity index is 57.9. The number of hydrogen-bond acceptors (Lipinski definition) is 1. The Labute approximate surface area is 71.5 Å². The Hall–Kier alpha value is 0.622. The quantitative estimate of drug-likeness (QED) is 0.655. The maximum absolute atomic E-state index is 2.42. The zero-order chi connectivity index (χ0) is 5.82. The molecule has 0 aliphatic carbocycles. The third-order valence-corrected chi connectivity index (χ3v) is 1.83. The van der Waals surface area contributed by atoms with Crippen molar-refractivity contribution in [2.45, 2.75) is 25.7 Å². The summed E-state index contributed by atoms with van der Waals surface area (Å²) in [7, 11) is 2.21. The average Bonchev–Trinajstić information content (AvgIpc) is 1.94. The number of rotatable bonds is 0. The van der Waals surface area contributed by atoms with E-state index in [1.807, 2.05) is 0 Å². The fourth-order valence-electron chi connectivity index (χ4n) is 1.23. The van der Waals surface area contributed by atoms with Gasteiger partial charge in [0.15, 0.2) is 0 Å². The van der Waals surface area contributed by atoms with Gasteiger partial charge < -0.3 is 4.90 Å². The van der Waals surface area contributed by atoms with Gasteiger partial charge >= 0.3 is 0 Å². The molecule has 0 unspecified atom stereocenters. The van der Waals surface area contributed by atoms with Crippen LogP contribution in [0.3, 0.4) is 0 Å². The van der Waals surface area contributed by atoms with Crippen LogP contribution in [0.15, 0.2) is 0 Å². The van der Waals surface area contributed by atoms with Gasteiger partial charge in [-0.1, -0.05) is 12.8 Å². The van der Waals surface area contributed by atoms with E-state index in [-0.39, 0.29) is 20.4 Å². The number of nitrogens with zero attached hydrogens (tertiary/aromatic N) is 1. The summed E-state index contributed by atoms with van der Waals surface area (Å²) >= 11 is 0. The van der Waals surface area contributed by atoms with Crippen LogP contribution in [0.25, 0.3) is 0 Å². The molecule has 1 fully saturated rings. The van der Waals surface area contributed by atoms with Gasteiger partial charge in [-0.2, -0.15) is 0 Å². The summed E-state index contributed by atoms with van der Waals surface area (Å²) in [5.74, 6) is 0. The Balaban J connectivity index is 0.000000640. The predicted octanol–water partition coefficient (Wildman–Crippen LogP) is 1.49. The Kier molecular flexibility index (Phi) is 5.78. The monoisotopic (exact) mass is 300 g/mol. The maximum Gasteiger partial charge on any atom is 0 e. The molecular weight excluding hydrogens is 284 g/mol. The molecule has 1 aliphatic heterocycles. The summed E-state index contributed by atoms with van der Waals surface area (Å²) in [5.41, 5.74) is 0. The van der Waals surface area contributed by atoms with Crippen molar-refractivity contribution in [3.05, 3.63) is 0 Å². The summed E-state index contributed by atoms with van der Waals surface area (Å²) in [6, 6.07) is 0. The molecule has 0 aromatic heterocycles. The van der Waals surface area contributed by atoms with Crippen LogP contribution in [0.1, 0.15) is 25.7 Å². The molecule has 1 rings (SSSR count). The van der Waals surface area contributed by atoms with Crippen molar-refractivity contribution in [3.8, 4) is 0 Å². The van der Waals surface area contributed by atoms with Crippen LogP contribution >= 0.6 is 0 Å². The summed E-state index contributed by atoms with van der Waals surface area (Å²) in [5, 5.41) is 0. The first-order valence-electron chi connectivity index (χ1n) is 3.58. The predicted molar refractivity (Wildman–Crippen MR) is 36.0 cm³/mol. The summed E-state index contributed by atoms with van der Waals surface area (Å²) in [6.07, 6.45) is 5.72. The minimum absolute atomic E-state index is 0. The second-order valence-corrected chi connectivity index (χ2v) is 2.72. The van der Waals surface area contributed by atoms with E-state index in [4.69, 9.17) is 0 Å². The first-order chi connectivity index (χ1) is 3.89. The third-order valence-electron chi connectivity index (χ3n) is 1.83. The van der Waals surface area contributed by atoms with Gasteiger partial charge in [-0.15, -0.1) is 0 Å². The van der Waals surface area contributed by atoms with E-state index in [0.29, 0.717) is 0 Å². The molecule has 0 spiro atoms. The fourth-order valence-corrected chi connectivity index (χ4v) is 1.23. The molecule has 1 heterocycles. The van der Waals surface area contributed by atoms with E-state index in [0.717, 1.165) is 0 Å². The van der Waals surface area contributed by atoms with Crippen LogP contribution in [-0.2, 0) is 20.4 Å². The van der Waals surface area contributed by atoms with Crippen molar-refractivity contribution in [1.82, 2.24) is 4.90 Å². The summed E-state index contributed by atoms with van der Waals surface area (Å²) < 4.78 is 0. The van der Waals surface area contributed by atoms with Crippen molar-refractivity contribution in [2.75, 3.05) is 20.1 Å². The summed E-state index contributed by atoms with van der Waals surface area (Å²) in [4.78, 5) is 2.42. The first-order valence-corrected chi connectivity index (χ1v) is 3.58. The van der Waals surface area contributed by atoms with Crippen LogP contribution in [0.5, 0.6) is 0 Å². The van der Waals surface area contributed by atoms with Crippen molar-refractivity contribution >= 4 is 0 Å². The zero-order valence-electron chi connectivity index (χ0n) is 6.07. The van der Waals surface area contributed by atoms with E-state index < -0.39 is 0 Å². The molecule has 1 saturated heterocycles. The zero-order valence-corrected chi connectivity index (χ0v) is 8.78. The minimum atomic E-state index is 0. The molecule has 1 nitrogen and oxygen atoms in total. The standard InChI is InChI=1S/C7H15N.Re/c1-8-6-4-2-3-5-7-8;/h2-7H2,1H3;. The Morgan fingerprint density at radius 2 is 1.33 bits per heavy atom. The van der Waals surface area contributed by atoms with Gasteiger partial charge in [0.05, 0.1) is 0 Å². The molecular formula is C7H15NRe. The molecule has 9 heavy (non-hydrogen) atoms. The first kappa shape index (κ1) is 9.62. The van der Waals surface area contributed by atoms with Crippen LogP contribution in [0, 0.1) is 0 Å². The minimum Gasteiger partial charge on any atom is -0.306 e. The van der Waals surface area contributed by atoms with E-state index in [9.17, 15) is 0 Å². The van der Waals surface area contributed by atoms with E-state index in [1.54, 1.807) is 0 Å². The SMILES string of the molecule is CN1CCCCCC1.[Re]. The van der Waals surface area contributed by atoms with E-state index >= 15 is 0 Å². The third kappa shape index (κ3) is 4.08. The van der Waals surface area contributed by atoms with Crippen LogP contribution in [-0.4, -0.2) is 25.0 Å². The van der Waals surface area contributed by atoms with Crippen molar-refractivity contribution < 1.29 is 20.4 Å². The second kappa shape index (κ2) is 5.41. The van der Waals surface area contributed by atoms with Crippen molar-refractivity contribution in [2.24, 2.45) is 0 Å². The molecule has 0 amide bonds. The Morgan fingerprint density at radius 3 is 1.78 bits per heavy atom. The molecule has 1 radical (unpaired) electrons. The van der Waals surface area contributed by atoms with Gasteiger partial charge in [0.2, 0.25) is 0 Å². The number of hydrogen-bond donors (Lipinski definition) is 0. The van der Waals surface area contributed by atoms with Crippen molar-refractivity contribution in [3.63, 3.8) is 0 Å². The van der Waals surface area contributed by atoms with Crippen LogP contribution in [0.2, 0.25) is 0 Å². The van der Waals surface area contributed by atoms with Gasteiger partial charge in [0.1, 0.15) is 0 Å². The molecule has 0 bridgehead atoms. The van der Waals surface area contributed by atoms with Gasteiger partial charge in [-0.3, -0.25) is 0 Å². The average molecular weight is 299 g/mol. The topological polar surface area (TPSA) is 3.24 Å². The van der Waals surface area contributed by atoms with E-state index in [2.05, 4.69) is 11.9 Å². The van der Waals surface area contributed by atoms with Crippen LogP contribution in [0.4, 0.5) is 0 Å². The molecule has 0 aromatic rings.